The summed E-state index contributed by atoms with van der Waals surface area (Å²) in [6.07, 6.45) is 19.3. The molecule has 2 aromatic carbocycles. The van der Waals surface area contributed by atoms with E-state index in [9.17, 15) is 0 Å². The predicted octanol–water partition coefficient (Wildman–Crippen LogP) is 5.38. The summed E-state index contributed by atoms with van der Waals surface area (Å²) >= 11 is 0. The van der Waals surface area contributed by atoms with Gasteiger partial charge in [0.05, 0.1) is 18.7 Å². The number of anilines is 1. The summed E-state index contributed by atoms with van der Waals surface area (Å²) in [7, 11) is 0. The van der Waals surface area contributed by atoms with Gasteiger partial charge < -0.3 is 22.5 Å². The number of hydrogen-bond donors (Lipinski definition) is 0. The first-order valence-corrected chi connectivity index (χ1v) is 11.3. The van der Waals surface area contributed by atoms with Gasteiger partial charge in [-0.1, -0.05) is 60.4 Å². The lowest BCUT2D eigenvalue weighted by Crippen LogP contribution is -2.50. The van der Waals surface area contributed by atoms with Crippen LogP contribution in [0.4, 0.5) is 14.3 Å². The first kappa shape index (κ1) is 22.3. The van der Waals surface area contributed by atoms with Crippen molar-refractivity contribution in [2.75, 3.05) is 18.0 Å². The van der Waals surface area contributed by atoms with E-state index in [4.69, 9.17) is 12.8 Å². The number of benzene rings is 2. The number of nitrogens with zero attached hydrogens (tertiary/aromatic N) is 3. The van der Waals surface area contributed by atoms with Crippen molar-refractivity contribution in [1.29, 1.82) is 0 Å². The highest BCUT2D eigenvalue weighted by molar-refractivity contribution is 6.58. The van der Waals surface area contributed by atoms with Crippen molar-refractivity contribution >= 4 is 36.6 Å². The Balaban J connectivity index is 1.51. The molecule has 2 aliphatic heterocycles. The third-order valence-electron chi connectivity index (χ3n) is 6.22. The fourth-order valence-corrected chi connectivity index (χ4v) is 4.62. The Bertz CT molecular complexity index is 1460. The standard InChI is InChI=1S/C29H22BF2N3/c1-3-20-33(21-4-2)25-15-12-23(13-16-25)14-17-26-18-19-28-29(24-9-6-5-7-10-24)27-11-8-22-34(27)30(31,32)35(26)28/h1-2,5-19,22H,20-21H2/b17-14+. The van der Waals surface area contributed by atoms with Crippen LogP contribution in [0, 0.1) is 24.7 Å². The Labute approximate surface area is 204 Å². The lowest BCUT2D eigenvalue weighted by atomic mass is 9.86. The van der Waals surface area contributed by atoms with Crippen molar-refractivity contribution in [2.45, 2.75) is 0 Å². The van der Waals surface area contributed by atoms with Crippen molar-refractivity contribution < 1.29 is 13.1 Å². The van der Waals surface area contributed by atoms with Crippen molar-refractivity contribution in [2.24, 2.45) is 0 Å². The molecular weight excluding hydrogens is 439 g/mol. The van der Waals surface area contributed by atoms with Crippen LogP contribution in [-0.4, -0.2) is 35.2 Å². The normalized spacial score (nSPS) is 15.4. The molecule has 3 nitrogen and oxygen atoms in total. The number of fused-ring (bicyclic) bond motifs is 2. The quantitative estimate of drug-likeness (QED) is 0.355. The zero-order valence-electron chi connectivity index (χ0n) is 19.0. The van der Waals surface area contributed by atoms with Crippen LogP contribution in [-0.2, 0) is 0 Å². The molecule has 0 spiro atoms. The molecule has 2 aliphatic rings. The Hall–Kier alpha value is -4.55. The third-order valence-corrected chi connectivity index (χ3v) is 6.22. The summed E-state index contributed by atoms with van der Waals surface area (Å²) in [5.41, 5.74) is 4.93. The number of allylic oxidation sites excluding steroid dienone is 2. The van der Waals surface area contributed by atoms with Crippen molar-refractivity contribution in [3.8, 4) is 24.7 Å². The van der Waals surface area contributed by atoms with Crippen LogP contribution in [0.2, 0.25) is 0 Å². The molecule has 170 valence electrons. The summed E-state index contributed by atoms with van der Waals surface area (Å²) in [6, 6.07) is 20.8. The molecule has 0 atom stereocenters. The maximum atomic E-state index is 15.7. The summed E-state index contributed by atoms with van der Waals surface area (Å²) in [5, 5.41) is 0. The van der Waals surface area contributed by atoms with Crippen LogP contribution in [0.15, 0.2) is 84.6 Å². The van der Waals surface area contributed by atoms with Gasteiger partial charge in [-0.05, 0) is 41.5 Å². The second-order valence-electron chi connectivity index (χ2n) is 8.33. The monoisotopic (exact) mass is 461 g/mol. The van der Waals surface area contributed by atoms with Crippen molar-refractivity contribution in [1.82, 2.24) is 4.48 Å². The molecule has 0 radical (unpaired) electrons. The fraction of sp³-hybridized carbons (Fsp3) is 0.0690. The number of hydrogen-bond acceptors (Lipinski definition) is 1. The molecule has 0 N–H and O–H groups in total. The number of terminal acetylenes is 2. The van der Waals surface area contributed by atoms with Crippen LogP contribution in [0.1, 0.15) is 22.5 Å². The van der Waals surface area contributed by atoms with Gasteiger partial charge in [0.25, 0.3) is 0 Å². The van der Waals surface area contributed by atoms with E-state index in [0.29, 0.717) is 30.2 Å². The maximum absolute atomic E-state index is 15.7. The maximum Gasteiger partial charge on any atom is 0.737 e. The lowest BCUT2D eigenvalue weighted by Gasteiger charge is -2.32. The lowest BCUT2D eigenvalue weighted by molar-refractivity contribution is -0.356. The minimum Gasteiger partial charge on any atom is -0.390 e. The molecule has 0 bridgehead atoms. The minimum absolute atomic E-state index is 0.411. The number of halogens is 2. The highest BCUT2D eigenvalue weighted by Gasteiger charge is 2.52. The van der Waals surface area contributed by atoms with Gasteiger partial charge in [-0.15, -0.1) is 12.8 Å². The van der Waals surface area contributed by atoms with Gasteiger partial charge in [-0.3, -0.25) is 0 Å². The van der Waals surface area contributed by atoms with Gasteiger partial charge in [-0.2, -0.15) is 0 Å². The molecular formula is C29H22BF2N3. The molecule has 1 aromatic heterocycles. The molecule has 0 unspecified atom stereocenters. The Kier molecular flexibility index (Phi) is 5.73. The zero-order valence-corrected chi connectivity index (χ0v) is 19.0. The molecule has 5 rings (SSSR count). The minimum atomic E-state index is -4.04. The van der Waals surface area contributed by atoms with Crippen molar-refractivity contribution in [3.05, 3.63) is 107 Å². The van der Waals surface area contributed by atoms with Crippen LogP contribution in [0.3, 0.4) is 0 Å². The molecule has 3 heterocycles. The number of aromatic nitrogens is 1. The van der Waals surface area contributed by atoms with Gasteiger partial charge in [0.1, 0.15) is 6.21 Å². The first-order valence-electron chi connectivity index (χ1n) is 11.3. The van der Waals surface area contributed by atoms with E-state index in [1.54, 1.807) is 30.4 Å². The smallest absolute Gasteiger partial charge is 0.390 e. The summed E-state index contributed by atoms with van der Waals surface area (Å²) in [6.45, 7) is -3.22. The Morgan fingerprint density at radius 1 is 0.914 bits per heavy atom. The zero-order chi connectivity index (χ0) is 24.4. The second kappa shape index (κ2) is 9.01. The van der Waals surface area contributed by atoms with E-state index in [1.165, 1.54) is 6.21 Å². The van der Waals surface area contributed by atoms with E-state index < -0.39 is 6.97 Å². The molecule has 0 saturated heterocycles. The van der Waals surface area contributed by atoms with Gasteiger partial charge in [-0.25, -0.2) is 0 Å². The second-order valence-corrected chi connectivity index (χ2v) is 8.33. The van der Waals surface area contributed by atoms with Gasteiger partial charge >= 0.3 is 6.97 Å². The van der Waals surface area contributed by atoms with E-state index in [0.717, 1.165) is 31.4 Å². The van der Waals surface area contributed by atoms with Crippen LogP contribution in [0.25, 0.3) is 17.7 Å². The molecule has 0 fully saturated rings. The average molecular weight is 461 g/mol. The molecule has 6 heteroatoms. The molecule has 0 saturated carbocycles. The van der Waals surface area contributed by atoms with E-state index in [-0.39, 0.29) is 0 Å². The third kappa shape index (κ3) is 3.90. The predicted molar refractivity (Wildman–Crippen MR) is 141 cm³/mol. The first-order chi connectivity index (χ1) is 17.0. The fourth-order valence-electron chi connectivity index (χ4n) is 4.62. The molecule has 3 aromatic rings. The molecule has 0 amide bonds. The number of rotatable bonds is 6. The van der Waals surface area contributed by atoms with Crippen LogP contribution >= 0.6 is 0 Å². The molecule has 0 aliphatic carbocycles. The van der Waals surface area contributed by atoms with Gasteiger partial charge in [0.2, 0.25) is 0 Å². The Morgan fingerprint density at radius 2 is 1.63 bits per heavy atom. The van der Waals surface area contributed by atoms with E-state index in [1.807, 2.05) is 65.6 Å². The summed E-state index contributed by atoms with van der Waals surface area (Å²) in [4.78, 5) is 1.91. The largest absolute Gasteiger partial charge is 0.737 e. The van der Waals surface area contributed by atoms with E-state index >= 15 is 8.63 Å². The average Bonchev–Trinajstić information content (AvgIpc) is 3.53. The van der Waals surface area contributed by atoms with Gasteiger partial charge in [0, 0.05) is 29.2 Å². The summed E-state index contributed by atoms with van der Waals surface area (Å²) in [5.74, 6) is 5.21. The van der Waals surface area contributed by atoms with Crippen molar-refractivity contribution in [3.63, 3.8) is 0 Å². The van der Waals surface area contributed by atoms with E-state index in [2.05, 4.69) is 11.8 Å². The van der Waals surface area contributed by atoms with Gasteiger partial charge in [0.15, 0.2) is 5.70 Å². The van der Waals surface area contributed by atoms with Crippen LogP contribution in [0.5, 0.6) is 0 Å². The topological polar surface area (TPSA) is 11.2 Å². The highest BCUT2D eigenvalue weighted by atomic mass is 19.2. The molecule has 35 heavy (non-hydrogen) atoms. The highest BCUT2D eigenvalue weighted by Crippen LogP contribution is 2.39. The summed E-state index contributed by atoms with van der Waals surface area (Å²) < 4.78 is 33.7. The van der Waals surface area contributed by atoms with Crippen LogP contribution < -0.4 is 4.90 Å². The Morgan fingerprint density at radius 3 is 2.31 bits per heavy atom. The SMILES string of the molecule is C#CCN(CC#C)c1ccc(/C=C/c2ccc3n2[B-](F)(F)[N+]2=CC=CC2=C3c2ccccc2)cc1.